The van der Waals surface area contributed by atoms with Crippen LogP contribution in [0.4, 0.5) is 5.00 Å². The molecule has 1 amide bonds. The molecule has 1 aromatic carbocycles. The minimum Gasteiger partial charge on any atom is -0.484 e. The molecule has 0 spiro atoms. The molecular weight excluding hydrogens is 388 g/mol. The summed E-state index contributed by atoms with van der Waals surface area (Å²) < 4.78 is 6.54. The molecule has 0 fully saturated rings. The number of anilines is 1. The zero-order chi connectivity index (χ0) is 17.1. The number of fused-ring (bicyclic) bond motifs is 1. The fraction of sp³-hybridized carbons (Fsp3) is 0.333. The Morgan fingerprint density at radius 1 is 1.42 bits per heavy atom. The number of aryl methyl sites for hydroxylation is 2. The van der Waals surface area contributed by atoms with Crippen molar-refractivity contribution in [1.29, 1.82) is 5.26 Å². The molecule has 1 aromatic heterocycles. The summed E-state index contributed by atoms with van der Waals surface area (Å²) in [4.78, 5) is 13.4. The van der Waals surface area contributed by atoms with Crippen molar-refractivity contribution in [1.82, 2.24) is 0 Å². The maximum atomic E-state index is 12.2. The van der Waals surface area contributed by atoms with E-state index in [0.717, 1.165) is 41.3 Å². The van der Waals surface area contributed by atoms with Gasteiger partial charge in [0.1, 0.15) is 16.8 Å². The number of carbonyl (C=O) groups excluding carboxylic acids is 1. The summed E-state index contributed by atoms with van der Waals surface area (Å²) in [5.41, 5.74) is 2.79. The topological polar surface area (TPSA) is 62.1 Å². The fourth-order valence-corrected chi connectivity index (χ4v) is 4.29. The number of thiophene rings is 1. The number of carbonyl (C=O) groups is 1. The molecule has 0 saturated carbocycles. The first kappa shape index (κ1) is 17.0. The molecule has 6 heteroatoms. The Bertz CT molecular complexity index is 823. The molecule has 0 bridgehead atoms. The van der Waals surface area contributed by atoms with E-state index < -0.39 is 0 Å². The van der Waals surface area contributed by atoms with Crippen molar-refractivity contribution in [2.24, 2.45) is 0 Å². The molecule has 0 saturated heterocycles. The zero-order valence-electron chi connectivity index (χ0n) is 13.3. The highest BCUT2D eigenvalue weighted by Gasteiger charge is 2.21. The minimum atomic E-state index is -0.245. The Hall–Kier alpha value is -1.84. The summed E-state index contributed by atoms with van der Waals surface area (Å²) >= 11 is 4.96. The van der Waals surface area contributed by atoms with Crippen molar-refractivity contribution >= 4 is 38.2 Å². The van der Waals surface area contributed by atoms with Crippen LogP contribution in [-0.4, -0.2) is 12.5 Å². The van der Waals surface area contributed by atoms with Gasteiger partial charge in [-0.05, 0) is 61.9 Å². The van der Waals surface area contributed by atoms with Gasteiger partial charge in [0.2, 0.25) is 0 Å². The number of amides is 1. The molecule has 1 heterocycles. The molecule has 0 unspecified atom stereocenters. The van der Waals surface area contributed by atoms with Gasteiger partial charge in [-0.3, -0.25) is 4.79 Å². The van der Waals surface area contributed by atoms with E-state index in [-0.39, 0.29) is 12.5 Å². The maximum Gasteiger partial charge on any atom is 0.262 e. The Morgan fingerprint density at radius 2 is 2.21 bits per heavy atom. The molecular formula is C18H17BrN2O2S. The minimum absolute atomic E-state index is 0.0749. The van der Waals surface area contributed by atoms with Crippen molar-refractivity contribution < 1.29 is 9.53 Å². The van der Waals surface area contributed by atoms with Gasteiger partial charge in [-0.25, -0.2) is 0 Å². The standard InChI is InChI=1S/C18H17BrN2O2S/c1-11-8-12(6-7-15(11)19)23-10-17(22)21-18-14(9-20)13-4-2-3-5-16(13)24-18/h6-8H,2-5,10H2,1H3,(H,21,22). The van der Waals surface area contributed by atoms with E-state index in [2.05, 4.69) is 27.3 Å². The Morgan fingerprint density at radius 3 is 2.96 bits per heavy atom. The molecule has 3 rings (SSSR count). The van der Waals surface area contributed by atoms with Crippen molar-refractivity contribution in [3.63, 3.8) is 0 Å². The Balaban J connectivity index is 1.66. The number of hydrogen-bond acceptors (Lipinski definition) is 4. The SMILES string of the molecule is Cc1cc(OCC(=O)Nc2sc3c(c2C#N)CCCC3)ccc1Br. The van der Waals surface area contributed by atoms with Gasteiger partial charge in [0.15, 0.2) is 6.61 Å². The number of halogens is 1. The first-order chi connectivity index (χ1) is 11.6. The molecule has 1 aliphatic carbocycles. The predicted molar refractivity (Wildman–Crippen MR) is 98.7 cm³/mol. The van der Waals surface area contributed by atoms with Crippen LogP contribution in [-0.2, 0) is 17.6 Å². The van der Waals surface area contributed by atoms with Crippen LogP contribution >= 0.6 is 27.3 Å². The molecule has 0 radical (unpaired) electrons. The molecule has 4 nitrogen and oxygen atoms in total. The van der Waals surface area contributed by atoms with E-state index in [0.29, 0.717) is 16.3 Å². The second kappa shape index (κ2) is 7.37. The summed E-state index contributed by atoms with van der Waals surface area (Å²) in [6.07, 6.45) is 4.19. The lowest BCUT2D eigenvalue weighted by Gasteiger charge is -2.09. The first-order valence-electron chi connectivity index (χ1n) is 7.82. The third-order valence-corrected chi connectivity index (χ3v) is 6.13. The molecule has 2 aromatic rings. The van der Waals surface area contributed by atoms with Crippen LogP contribution in [0.5, 0.6) is 5.75 Å². The summed E-state index contributed by atoms with van der Waals surface area (Å²) in [5, 5.41) is 12.9. The largest absolute Gasteiger partial charge is 0.484 e. The summed E-state index contributed by atoms with van der Waals surface area (Å²) in [7, 11) is 0. The van der Waals surface area contributed by atoms with Gasteiger partial charge in [0.05, 0.1) is 5.56 Å². The molecule has 1 N–H and O–H groups in total. The summed E-state index contributed by atoms with van der Waals surface area (Å²) in [5.74, 6) is 0.405. The van der Waals surface area contributed by atoms with Gasteiger partial charge in [-0.15, -0.1) is 11.3 Å². The van der Waals surface area contributed by atoms with Gasteiger partial charge in [0, 0.05) is 9.35 Å². The molecule has 0 aliphatic heterocycles. The lowest BCUT2D eigenvalue weighted by Crippen LogP contribution is -2.20. The smallest absolute Gasteiger partial charge is 0.262 e. The van der Waals surface area contributed by atoms with Crippen molar-refractivity contribution in [2.45, 2.75) is 32.6 Å². The average Bonchev–Trinajstić information content (AvgIpc) is 2.92. The van der Waals surface area contributed by atoms with Crippen molar-refractivity contribution in [3.8, 4) is 11.8 Å². The molecule has 124 valence electrons. The van der Waals surface area contributed by atoms with E-state index in [4.69, 9.17) is 4.74 Å². The van der Waals surface area contributed by atoms with Gasteiger partial charge in [-0.1, -0.05) is 15.9 Å². The molecule has 24 heavy (non-hydrogen) atoms. The summed E-state index contributed by atoms with van der Waals surface area (Å²) in [6.45, 7) is 1.89. The number of nitrogens with zero attached hydrogens (tertiary/aromatic N) is 1. The van der Waals surface area contributed by atoms with Gasteiger partial charge >= 0.3 is 0 Å². The van der Waals surface area contributed by atoms with Crippen molar-refractivity contribution in [2.75, 3.05) is 11.9 Å². The summed E-state index contributed by atoms with van der Waals surface area (Å²) in [6, 6.07) is 7.83. The van der Waals surface area contributed by atoms with Crippen molar-refractivity contribution in [3.05, 3.63) is 44.2 Å². The van der Waals surface area contributed by atoms with E-state index in [1.54, 1.807) is 0 Å². The van der Waals surface area contributed by atoms with Crippen LogP contribution in [0.3, 0.4) is 0 Å². The van der Waals surface area contributed by atoms with E-state index in [1.807, 2.05) is 25.1 Å². The van der Waals surface area contributed by atoms with E-state index in [1.165, 1.54) is 16.2 Å². The average molecular weight is 405 g/mol. The predicted octanol–water partition coefficient (Wildman–Crippen LogP) is 4.59. The third-order valence-electron chi connectivity index (χ3n) is 4.04. The lowest BCUT2D eigenvalue weighted by atomic mass is 9.96. The van der Waals surface area contributed by atoms with Crippen LogP contribution in [0, 0.1) is 18.3 Å². The number of nitrogens with one attached hydrogen (secondary N) is 1. The molecule has 1 aliphatic rings. The second-order valence-electron chi connectivity index (χ2n) is 5.77. The highest BCUT2D eigenvalue weighted by atomic mass is 79.9. The zero-order valence-corrected chi connectivity index (χ0v) is 15.7. The second-order valence-corrected chi connectivity index (χ2v) is 7.73. The maximum absolute atomic E-state index is 12.2. The van der Waals surface area contributed by atoms with Crippen LogP contribution < -0.4 is 10.1 Å². The highest BCUT2D eigenvalue weighted by molar-refractivity contribution is 9.10. The number of hydrogen-bond donors (Lipinski definition) is 1. The normalized spacial score (nSPS) is 13.0. The number of benzene rings is 1. The quantitative estimate of drug-likeness (QED) is 0.810. The van der Waals surface area contributed by atoms with E-state index >= 15 is 0 Å². The van der Waals surface area contributed by atoms with Crippen LogP contribution in [0.15, 0.2) is 22.7 Å². The van der Waals surface area contributed by atoms with Crippen LogP contribution in [0.1, 0.15) is 34.4 Å². The Labute approximate surface area is 153 Å². The van der Waals surface area contributed by atoms with Crippen LogP contribution in [0.2, 0.25) is 0 Å². The number of ether oxygens (including phenoxy) is 1. The fourth-order valence-electron chi connectivity index (χ4n) is 2.79. The van der Waals surface area contributed by atoms with Gasteiger partial charge in [-0.2, -0.15) is 5.26 Å². The number of rotatable bonds is 4. The Kier molecular flexibility index (Phi) is 5.22. The number of nitriles is 1. The lowest BCUT2D eigenvalue weighted by molar-refractivity contribution is -0.118. The van der Waals surface area contributed by atoms with Gasteiger partial charge in [0.25, 0.3) is 5.91 Å². The van der Waals surface area contributed by atoms with E-state index in [9.17, 15) is 10.1 Å². The van der Waals surface area contributed by atoms with Crippen LogP contribution in [0.25, 0.3) is 0 Å². The highest BCUT2D eigenvalue weighted by Crippen LogP contribution is 2.37. The third kappa shape index (κ3) is 3.63. The first-order valence-corrected chi connectivity index (χ1v) is 9.43. The van der Waals surface area contributed by atoms with Gasteiger partial charge < -0.3 is 10.1 Å². The molecule has 0 atom stereocenters. The monoisotopic (exact) mass is 404 g/mol.